The monoisotopic (exact) mass is 642 g/mol. The van der Waals surface area contributed by atoms with Gasteiger partial charge in [-0.3, -0.25) is 0 Å². The molecule has 0 aliphatic rings. The molecule has 0 fully saturated rings. The fraction of sp³-hybridized carbons (Fsp3) is 0. The Labute approximate surface area is 288 Å². The van der Waals surface area contributed by atoms with Gasteiger partial charge >= 0.3 is 0 Å². The molecular formula is C46H30N2S. The smallest absolute Gasteiger partial charge is 0.0548 e. The molecule has 2 nitrogen and oxygen atoms in total. The van der Waals surface area contributed by atoms with E-state index in [1.807, 2.05) is 11.3 Å². The molecule has 2 aromatic heterocycles. The Morgan fingerprint density at radius 1 is 0.388 bits per heavy atom. The first-order valence-corrected chi connectivity index (χ1v) is 17.5. The van der Waals surface area contributed by atoms with Crippen molar-refractivity contribution in [3.63, 3.8) is 0 Å². The predicted octanol–water partition coefficient (Wildman–Crippen LogP) is 13.4. The molecular weight excluding hydrogens is 613 g/mol. The molecule has 0 aliphatic carbocycles. The highest BCUT2D eigenvalue weighted by Gasteiger charge is 2.20. The van der Waals surface area contributed by atoms with Crippen molar-refractivity contribution in [2.24, 2.45) is 0 Å². The highest BCUT2D eigenvalue weighted by Crippen LogP contribution is 2.45. The Bertz CT molecular complexity index is 2810. The fourth-order valence-corrected chi connectivity index (χ4v) is 8.62. The molecule has 8 aromatic carbocycles. The number of nitrogens with zero attached hydrogens (tertiary/aromatic N) is 2. The summed E-state index contributed by atoms with van der Waals surface area (Å²) in [6.07, 6.45) is 0. The average molecular weight is 643 g/mol. The van der Waals surface area contributed by atoms with E-state index in [0.717, 1.165) is 22.7 Å². The fourth-order valence-electron chi connectivity index (χ4n) is 7.50. The van der Waals surface area contributed by atoms with Crippen LogP contribution in [-0.2, 0) is 0 Å². The normalized spacial score (nSPS) is 11.7. The largest absolute Gasteiger partial charge is 0.310 e. The third kappa shape index (κ3) is 4.55. The summed E-state index contributed by atoms with van der Waals surface area (Å²) in [5, 5.41) is 7.65. The number of benzene rings is 8. The Morgan fingerprint density at radius 3 is 1.88 bits per heavy atom. The molecule has 0 saturated heterocycles. The standard InChI is InChI=1S/C46H30N2S/c1-3-11-31(12-4-1)33-19-22-36(23-20-33)48-41-26-25-38(30-40(41)45-42(48)27-28-44-46(45)39-17-9-10-18-43(39)49-44)47(35-15-5-2-6-16-35)37-24-21-32-13-7-8-14-34(32)29-37/h1-30H. The lowest BCUT2D eigenvalue weighted by Gasteiger charge is -2.26. The first kappa shape index (κ1) is 27.9. The van der Waals surface area contributed by atoms with Gasteiger partial charge in [-0.2, -0.15) is 0 Å². The summed E-state index contributed by atoms with van der Waals surface area (Å²) in [6, 6.07) is 66.1. The van der Waals surface area contributed by atoms with Crippen LogP contribution in [0.2, 0.25) is 0 Å². The maximum absolute atomic E-state index is 2.44. The van der Waals surface area contributed by atoms with Gasteiger partial charge in [-0.1, -0.05) is 109 Å². The SMILES string of the molecule is c1ccc(-c2ccc(-n3c4ccc(N(c5ccccc5)c5ccc6ccccc6c5)cc4c4c5c(ccc43)sc3ccccc35)cc2)cc1. The Hall–Kier alpha value is -6.16. The quantitative estimate of drug-likeness (QED) is 0.181. The maximum atomic E-state index is 2.44. The Kier molecular flexibility index (Phi) is 6.39. The van der Waals surface area contributed by atoms with Crippen LogP contribution in [0.5, 0.6) is 0 Å². The lowest BCUT2D eigenvalue weighted by molar-refractivity contribution is 1.18. The van der Waals surface area contributed by atoms with Gasteiger partial charge in [0, 0.05) is 53.7 Å². The lowest BCUT2D eigenvalue weighted by Crippen LogP contribution is -2.09. The number of fused-ring (bicyclic) bond motifs is 8. The third-order valence-corrected chi connectivity index (χ3v) is 10.9. The van der Waals surface area contributed by atoms with Crippen LogP contribution in [0.4, 0.5) is 17.1 Å². The van der Waals surface area contributed by atoms with Crippen molar-refractivity contribution in [1.82, 2.24) is 4.57 Å². The van der Waals surface area contributed by atoms with E-state index >= 15 is 0 Å². The van der Waals surface area contributed by atoms with E-state index in [1.54, 1.807) is 0 Å². The molecule has 49 heavy (non-hydrogen) atoms. The van der Waals surface area contributed by atoms with E-state index in [1.165, 1.54) is 63.9 Å². The molecule has 0 unspecified atom stereocenters. The van der Waals surface area contributed by atoms with E-state index < -0.39 is 0 Å². The van der Waals surface area contributed by atoms with Crippen LogP contribution in [0.15, 0.2) is 182 Å². The van der Waals surface area contributed by atoms with Crippen molar-refractivity contribution in [2.45, 2.75) is 0 Å². The van der Waals surface area contributed by atoms with Crippen LogP contribution < -0.4 is 4.90 Å². The molecule has 0 aliphatic heterocycles. The van der Waals surface area contributed by atoms with E-state index in [-0.39, 0.29) is 0 Å². The number of anilines is 3. The molecule has 0 N–H and O–H groups in total. The van der Waals surface area contributed by atoms with Gasteiger partial charge in [0.25, 0.3) is 0 Å². The van der Waals surface area contributed by atoms with Crippen LogP contribution in [0.3, 0.4) is 0 Å². The van der Waals surface area contributed by atoms with Gasteiger partial charge in [0.2, 0.25) is 0 Å². The van der Waals surface area contributed by atoms with Gasteiger partial charge in [0.1, 0.15) is 0 Å². The molecule has 230 valence electrons. The van der Waals surface area contributed by atoms with Gasteiger partial charge < -0.3 is 9.47 Å². The highest BCUT2D eigenvalue weighted by molar-refractivity contribution is 7.26. The molecule has 10 rings (SSSR count). The van der Waals surface area contributed by atoms with Gasteiger partial charge in [0.15, 0.2) is 0 Å². The van der Waals surface area contributed by atoms with Crippen molar-refractivity contribution >= 4 is 81.1 Å². The van der Waals surface area contributed by atoms with Gasteiger partial charge in [-0.15, -0.1) is 11.3 Å². The number of aromatic nitrogens is 1. The second-order valence-corrected chi connectivity index (χ2v) is 13.7. The molecule has 0 amide bonds. The molecule has 0 saturated carbocycles. The number of rotatable bonds is 5. The molecule has 0 radical (unpaired) electrons. The van der Waals surface area contributed by atoms with E-state index in [9.17, 15) is 0 Å². The predicted molar refractivity (Wildman–Crippen MR) is 211 cm³/mol. The zero-order chi connectivity index (χ0) is 32.3. The lowest BCUT2D eigenvalue weighted by atomic mass is 10.0. The minimum atomic E-state index is 1.13. The number of hydrogen-bond acceptors (Lipinski definition) is 2. The minimum absolute atomic E-state index is 1.13. The summed E-state index contributed by atoms with van der Waals surface area (Å²) in [5.74, 6) is 0. The van der Waals surface area contributed by atoms with E-state index in [4.69, 9.17) is 0 Å². The van der Waals surface area contributed by atoms with Crippen molar-refractivity contribution in [3.8, 4) is 16.8 Å². The van der Waals surface area contributed by atoms with Gasteiger partial charge in [-0.05, 0) is 94.7 Å². The van der Waals surface area contributed by atoms with Gasteiger partial charge in [0.05, 0.1) is 11.0 Å². The van der Waals surface area contributed by atoms with Crippen LogP contribution in [0, 0.1) is 0 Å². The Balaban J connectivity index is 1.25. The van der Waals surface area contributed by atoms with E-state index in [0.29, 0.717) is 0 Å². The molecule has 2 heterocycles. The summed E-state index contributed by atoms with van der Waals surface area (Å²) in [7, 11) is 0. The van der Waals surface area contributed by atoms with Crippen LogP contribution in [-0.4, -0.2) is 4.57 Å². The summed E-state index contributed by atoms with van der Waals surface area (Å²) >= 11 is 1.88. The summed E-state index contributed by atoms with van der Waals surface area (Å²) in [5.41, 5.74) is 9.39. The first-order valence-electron chi connectivity index (χ1n) is 16.7. The molecule has 0 spiro atoms. The van der Waals surface area contributed by atoms with Crippen LogP contribution in [0.25, 0.3) is 69.6 Å². The molecule has 10 aromatic rings. The minimum Gasteiger partial charge on any atom is -0.310 e. The third-order valence-electron chi connectivity index (χ3n) is 9.75. The zero-order valence-corrected chi connectivity index (χ0v) is 27.4. The number of thiophene rings is 1. The van der Waals surface area contributed by atoms with Crippen LogP contribution >= 0.6 is 11.3 Å². The molecule has 0 atom stereocenters. The number of hydrogen-bond donors (Lipinski definition) is 0. The van der Waals surface area contributed by atoms with Crippen molar-refractivity contribution < 1.29 is 0 Å². The van der Waals surface area contributed by atoms with Crippen molar-refractivity contribution in [2.75, 3.05) is 4.90 Å². The topological polar surface area (TPSA) is 8.17 Å². The molecule has 3 heteroatoms. The second-order valence-electron chi connectivity index (χ2n) is 12.6. The molecule has 0 bridgehead atoms. The summed E-state index contributed by atoms with van der Waals surface area (Å²) < 4.78 is 5.07. The average Bonchev–Trinajstić information content (AvgIpc) is 3.71. The van der Waals surface area contributed by atoms with Crippen molar-refractivity contribution in [1.29, 1.82) is 0 Å². The Morgan fingerprint density at radius 2 is 1.04 bits per heavy atom. The zero-order valence-electron chi connectivity index (χ0n) is 26.6. The van der Waals surface area contributed by atoms with E-state index in [2.05, 4.69) is 191 Å². The highest BCUT2D eigenvalue weighted by atomic mass is 32.1. The first-order chi connectivity index (χ1) is 24.3. The maximum Gasteiger partial charge on any atom is 0.0548 e. The number of para-hydroxylation sites is 1. The summed E-state index contributed by atoms with van der Waals surface area (Å²) in [4.78, 5) is 2.38. The summed E-state index contributed by atoms with van der Waals surface area (Å²) in [6.45, 7) is 0. The van der Waals surface area contributed by atoms with Crippen molar-refractivity contribution in [3.05, 3.63) is 182 Å². The van der Waals surface area contributed by atoms with Crippen LogP contribution in [0.1, 0.15) is 0 Å². The second kappa shape index (κ2) is 11.2. The van der Waals surface area contributed by atoms with Gasteiger partial charge in [-0.25, -0.2) is 0 Å².